The number of hydrogen-bond acceptors (Lipinski definition) is 5. The van der Waals surface area contributed by atoms with Crippen LogP contribution in [0.2, 0.25) is 0 Å². The summed E-state index contributed by atoms with van der Waals surface area (Å²) in [6, 6.07) is 6.47. The number of piperazine rings is 1. The second-order valence-electron chi connectivity index (χ2n) is 12.8. The van der Waals surface area contributed by atoms with Gasteiger partial charge in [-0.3, -0.25) is 10.3 Å². The van der Waals surface area contributed by atoms with E-state index in [4.69, 9.17) is 0 Å². The third kappa shape index (κ3) is 4.33. The minimum Gasteiger partial charge on any atom is -0.393 e. The van der Waals surface area contributed by atoms with E-state index in [0.717, 1.165) is 58.0 Å². The molecule has 8 nitrogen and oxygen atoms in total. The molecule has 6 aliphatic rings. The SMILES string of the molecule is Cc1ccc(C)c(N2CCN(C(=O)N3CCCC(N(C#N)C(=N)C45CC6CC(C4)C(O)C(C6)C5)C3)CC2)c1. The lowest BCUT2D eigenvalue weighted by atomic mass is 9.48. The quantitative estimate of drug-likeness (QED) is 0.273. The van der Waals surface area contributed by atoms with E-state index in [-0.39, 0.29) is 35.4 Å². The Bertz CT molecular complexity index is 1120. The summed E-state index contributed by atoms with van der Waals surface area (Å²) in [5.74, 6) is 1.57. The number of nitrogens with zero attached hydrogens (tertiary/aromatic N) is 5. The number of piperidine rings is 1. The van der Waals surface area contributed by atoms with Crippen LogP contribution in [-0.4, -0.2) is 83.1 Å². The zero-order valence-corrected chi connectivity index (χ0v) is 22.9. The second kappa shape index (κ2) is 9.75. The Hall–Kier alpha value is -2.79. The van der Waals surface area contributed by atoms with Crippen LogP contribution in [0.15, 0.2) is 18.2 Å². The first-order valence-corrected chi connectivity index (χ1v) is 14.6. The lowest BCUT2D eigenvalue weighted by Crippen LogP contribution is -2.61. The molecule has 3 atom stereocenters. The Morgan fingerprint density at radius 1 is 1.08 bits per heavy atom. The summed E-state index contributed by atoms with van der Waals surface area (Å²) in [6.07, 6.45) is 8.59. The van der Waals surface area contributed by atoms with Gasteiger partial charge in [0, 0.05) is 50.4 Å². The number of rotatable bonds is 3. The number of carbonyl (C=O) groups is 1. The van der Waals surface area contributed by atoms with Crippen LogP contribution in [0.3, 0.4) is 0 Å². The van der Waals surface area contributed by atoms with Crippen LogP contribution in [0.5, 0.6) is 0 Å². The molecule has 8 heteroatoms. The molecule has 0 radical (unpaired) electrons. The van der Waals surface area contributed by atoms with Crippen molar-refractivity contribution < 1.29 is 9.90 Å². The molecule has 204 valence electrons. The number of likely N-dealkylation sites (tertiary alicyclic amines) is 1. The summed E-state index contributed by atoms with van der Waals surface area (Å²) in [5.41, 5.74) is 3.50. The van der Waals surface area contributed by atoms with Gasteiger partial charge >= 0.3 is 6.03 Å². The summed E-state index contributed by atoms with van der Waals surface area (Å²) in [6.45, 7) is 8.50. The highest BCUT2D eigenvalue weighted by Gasteiger charge is 2.58. The fourth-order valence-corrected chi connectivity index (χ4v) is 8.60. The lowest BCUT2D eigenvalue weighted by Gasteiger charge is -2.59. The van der Waals surface area contributed by atoms with Crippen molar-refractivity contribution in [3.63, 3.8) is 0 Å². The number of nitriles is 1. The molecule has 4 bridgehead atoms. The number of amides is 2. The second-order valence-corrected chi connectivity index (χ2v) is 12.8. The number of carbonyl (C=O) groups excluding carboxylic acids is 1. The standard InChI is InChI=1S/C30H42N6O2/c1-20-5-6-21(2)26(12-20)33-8-10-34(11-9-33)29(38)35-7-3-4-25(18-35)36(19-31)28(32)30-15-22-13-23(16-30)27(37)24(14-22)17-30/h5-6,12,22-25,27,32,37H,3-4,7-11,13-18H2,1-2H3. The zero-order chi connectivity index (χ0) is 26.6. The lowest BCUT2D eigenvalue weighted by molar-refractivity contribution is -0.113. The molecule has 4 saturated carbocycles. The Kier molecular flexibility index (Phi) is 6.54. The van der Waals surface area contributed by atoms with E-state index in [2.05, 4.69) is 43.1 Å². The number of nitrogens with one attached hydrogen (secondary N) is 1. The van der Waals surface area contributed by atoms with Crippen molar-refractivity contribution in [2.75, 3.05) is 44.2 Å². The minimum absolute atomic E-state index is 0.0673. The van der Waals surface area contributed by atoms with E-state index in [0.29, 0.717) is 37.9 Å². The predicted molar refractivity (Wildman–Crippen MR) is 147 cm³/mol. The van der Waals surface area contributed by atoms with Crippen LogP contribution < -0.4 is 4.90 Å². The van der Waals surface area contributed by atoms with Crippen molar-refractivity contribution in [2.45, 2.75) is 70.9 Å². The summed E-state index contributed by atoms with van der Waals surface area (Å²) in [7, 11) is 0. The van der Waals surface area contributed by atoms with Gasteiger partial charge in [-0.25, -0.2) is 4.79 Å². The third-order valence-electron chi connectivity index (χ3n) is 10.4. The van der Waals surface area contributed by atoms with E-state index in [1.54, 1.807) is 4.90 Å². The van der Waals surface area contributed by atoms with Crippen LogP contribution in [0.1, 0.15) is 56.1 Å². The molecular formula is C30H42N6O2. The van der Waals surface area contributed by atoms with Crippen molar-refractivity contribution in [3.8, 4) is 6.19 Å². The van der Waals surface area contributed by atoms with Gasteiger partial charge in [0.2, 0.25) is 0 Å². The molecule has 1 aromatic carbocycles. The van der Waals surface area contributed by atoms with Crippen molar-refractivity contribution in [1.29, 1.82) is 10.7 Å². The molecule has 6 fully saturated rings. The predicted octanol–water partition coefficient (Wildman–Crippen LogP) is 3.96. The van der Waals surface area contributed by atoms with Crippen molar-refractivity contribution in [3.05, 3.63) is 29.3 Å². The van der Waals surface area contributed by atoms with Gasteiger partial charge in [-0.15, -0.1) is 0 Å². The molecule has 7 rings (SSSR count). The Morgan fingerprint density at radius 2 is 1.79 bits per heavy atom. The first-order chi connectivity index (χ1) is 18.3. The Labute approximate surface area is 226 Å². The Morgan fingerprint density at radius 3 is 2.47 bits per heavy atom. The summed E-state index contributed by atoms with van der Waals surface area (Å²) in [4.78, 5) is 21.5. The fraction of sp³-hybridized carbons (Fsp3) is 0.700. The molecular weight excluding hydrogens is 476 g/mol. The number of aryl methyl sites for hydroxylation is 2. The molecule has 2 amide bonds. The van der Waals surface area contributed by atoms with E-state index < -0.39 is 0 Å². The highest BCUT2D eigenvalue weighted by atomic mass is 16.3. The van der Waals surface area contributed by atoms with Crippen molar-refractivity contribution >= 4 is 17.6 Å². The topological polar surface area (TPSA) is 97.9 Å². The highest BCUT2D eigenvalue weighted by Crippen LogP contribution is 2.60. The molecule has 2 aliphatic heterocycles. The van der Waals surface area contributed by atoms with Gasteiger partial charge in [0.25, 0.3) is 0 Å². The van der Waals surface area contributed by atoms with Crippen LogP contribution >= 0.6 is 0 Å². The van der Waals surface area contributed by atoms with Gasteiger partial charge in [-0.1, -0.05) is 12.1 Å². The van der Waals surface area contributed by atoms with Crippen LogP contribution in [0, 0.1) is 53.9 Å². The average molecular weight is 519 g/mol. The normalized spacial score (nSPS) is 34.3. The molecule has 2 heterocycles. The van der Waals surface area contributed by atoms with Gasteiger partial charge in [0.1, 0.15) is 5.84 Å². The van der Waals surface area contributed by atoms with Gasteiger partial charge in [-0.05, 0) is 93.7 Å². The van der Waals surface area contributed by atoms with Gasteiger partial charge < -0.3 is 19.8 Å². The molecule has 0 aromatic heterocycles. The minimum atomic E-state index is -0.276. The van der Waals surface area contributed by atoms with Gasteiger partial charge in [0.15, 0.2) is 6.19 Å². The summed E-state index contributed by atoms with van der Waals surface area (Å²) >= 11 is 0. The largest absolute Gasteiger partial charge is 0.393 e. The van der Waals surface area contributed by atoms with Crippen molar-refractivity contribution in [1.82, 2.24) is 14.7 Å². The van der Waals surface area contributed by atoms with Gasteiger partial charge in [0.05, 0.1) is 12.1 Å². The first-order valence-electron chi connectivity index (χ1n) is 14.6. The maximum atomic E-state index is 13.6. The number of anilines is 1. The highest BCUT2D eigenvalue weighted by molar-refractivity contribution is 5.87. The van der Waals surface area contributed by atoms with E-state index in [1.807, 2.05) is 9.80 Å². The number of hydrogen-bond donors (Lipinski definition) is 2. The number of aliphatic hydroxyl groups excluding tert-OH is 1. The number of aliphatic hydroxyl groups is 1. The average Bonchev–Trinajstić information content (AvgIpc) is 2.93. The zero-order valence-electron chi connectivity index (χ0n) is 22.9. The van der Waals surface area contributed by atoms with Crippen molar-refractivity contribution in [2.24, 2.45) is 23.2 Å². The molecule has 3 unspecified atom stereocenters. The number of benzene rings is 1. The third-order valence-corrected chi connectivity index (χ3v) is 10.4. The van der Waals surface area contributed by atoms with Crippen LogP contribution in [-0.2, 0) is 0 Å². The van der Waals surface area contributed by atoms with E-state index >= 15 is 0 Å². The molecule has 0 spiro atoms. The monoisotopic (exact) mass is 518 g/mol. The summed E-state index contributed by atoms with van der Waals surface area (Å²) < 4.78 is 0. The molecule has 2 N–H and O–H groups in total. The van der Waals surface area contributed by atoms with Gasteiger partial charge in [-0.2, -0.15) is 5.26 Å². The maximum absolute atomic E-state index is 13.6. The molecule has 38 heavy (non-hydrogen) atoms. The molecule has 4 aliphatic carbocycles. The van der Waals surface area contributed by atoms with E-state index in [1.165, 1.54) is 16.8 Å². The Balaban J connectivity index is 1.09. The maximum Gasteiger partial charge on any atom is 0.320 e. The smallest absolute Gasteiger partial charge is 0.320 e. The van der Waals surface area contributed by atoms with E-state index in [9.17, 15) is 20.6 Å². The molecule has 2 saturated heterocycles. The fourth-order valence-electron chi connectivity index (χ4n) is 8.60. The first kappa shape index (κ1) is 25.5. The van der Waals surface area contributed by atoms with Crippen LogP contribution in [0.4, 0.5) is 10.5 Å². The van der Waals surface area contributed by atoms with Crippen LogP contribution in [0.25, 0.3) is 0 Å². The number of amidine groups is 1. The molecule has 1 aromatic rings. The summed E-state index contributed by atoms with van der Waals surface area (Å²) in [5, 5.41) is 30.1. The number of urea groups is 1.